The van der Waals surface area contributed by atoms with Crippen LogP contribution in [-0.2, 0) is 26.1 Å². The number of nitrogens with one attached hydrogen (secondary N) is 1. The van der Waals surface area contributed by atoms with Crippen LogP contribution < -0.4 is 10.1 Å². The highest BCUT2D eigenvalue weighted by molar-refractivity contribution is 7.89. The van der Waals surface area contributed by atoms with Crippen molar-refractivity contribution >= 4 is 27.5 Å². The van der Waals surface area contributed by atoms with E-state index in [-0.39, 0.29) is 16.7 Å². The van der Waals surface area contributed by atoms with Crippen molar-refractivity contribution in [2.75, 3.05) is 52.5 Å². The van der Waals surface area contributed by atoms with Gasteiger partial charge in [0.15, 0.2) is 0 Å². The van der Waals surface area contributed by atoms with Gasteiger partial charge < -0.3 is 14.8 Å². The topological polar surface area (TPSA) is 88.2 Å². The number of carbonyl (C=O) groups is 1. The maximum Gasteiger partial charge on any atom is 0.243 e. The molecule has 1 N–H and O–H groups in total. The number of morpholine rings is 1. The number of nitrogens with zero attached hydrogens (tertiary/aromatic N) is 2. The Hall–Kier alpha value is -2.17. The molecule has 0 bridgehead atoms. The summed E-state index contributed by atoms with van der Waals surface area (Å²) in [5, 5.41) is 3.72. The van der Waals surface area contributed by atoms with E-state index in [1.54, 1.807) is 24.3 Å². The van der Waals surface area contributed by atoms with Gasteiger partial charge in [0, 0.05) is 31.2 Å². The molecule has 2 aromatic rings. The first-order valence-corrected chi connectivity index (χ1v) is 13.8. The fraction of sp³-hybridized carbons (Fsp3) is 0.480. The summed E-state index contributed by atoms with van der Waals surface area (Å²) >= 11 is 6.29. The van der Waals surface area contributed by atoms with Gasteiger partial charge in [-0.3, -0.25) is 9.69 Å². The van der Waals surface area contributed by atoms with Crippen LogP contribution >= 0.6 is 11.6 Å². The molecule has 2 aliphatic heterocycles. The lowest BCUT2D eigenvalue weighted by Crippen LogP contribution is -2.43. The molecular weight excluding hydrogens is 490 g/mol. The fourth-order valence-corrected chi connectivity index (χ4v) is 6.02. The van der Waals surface area contributed by atoms with Crippen molar-refractivity contribution < 1.29 is 22.7 Å². The molecule has 2 aromatic carbocycles. The highest BCUT2D eigenvalue weighted by Gasteiger charge is 2.27. The molecule has 190 valence electrons. The monoisotopic (exact) mass is 521 g/mol. The molecular formula is C25H32ClN3O5S. The lowest BCUT2D eigenvalue weighted by atomic mass is 9.96. The molecule has 4 rings (SSSR count). The number of amides is 1. The molecule has 0 aromatic heterocycles. The van der Waals surface area contributed by atoms with E-state index in [0.29, 0.717) is 51.7 Å². The van der Waals surface area contributed by atoms with Gasteiger partial charge in [0.05, 0.1) is 30.6 Å². The second kappa shape index (κ2) is 12.2. The van der Waals surface area contributed by atoms with Crippen LogP contribution in [0.2, 0.25) is 5.02 Å². The quantitative estimate of drug-likeness (QED) is 0.510. The molecule has 0 radical (unpaired) electrons. The van der Waals surface area contributed by atoms with Crippen molar-refractivity contribution in [3.8, 4) is 5.75 Å². The zero-order valence-corrected chi connectivity index (χ0v) is 21.3. The van der Waals surface area contributed by atoms with E-state index in [4.69, 9.17) is 21.1 Å². The summed E-state index contributed by atoms with van der Waals surface area (Å²) in [6.07, 6.45) is 1.84. The first kappa shape index (κ1) is 25.9. The van der Waals surface area contributed by atoms with Crippen molar-refractivity contribution in [1.82, 2.24) is 14.5 Å². The number of likely N-dealkylation sites (tertiary alicyclic amines) is 1. The second-order valence-corrected chi connectivity index (χ2v) is 11.1. The molecule has 1 atom stereocenters. The van der Waals surface area contributed by atoms with E-state index in [1.807, 2.05) is 24.3 Å². The Bertz CT molecular complexity index is 1090. The predicted molar refractivity (Wildman–Crippen MR) is 134 cm³/mol. The van der Waals surface area contributed by atoms with E-state index in [0.717, 1.165) is 36.5 Å². The summed E-state index contributed by atoms with van der Waals surface area (Å²) in [7, 11) is -3.53. The van der Waals surface area contributed by atoms with Crippen LogP contribution in [0, 0.1) is 5.92 Å². The number of benzene rings is 2. The molecule has 0 aliphatic carbocycles. The predicted octanol–water partition coefficient (Wildman–Crippen LogP) is 2.77. The van der Waals surface area contributed by atoms with Gasteiger partial charge in [-0.2, -0.15) is 4.31 Å². The summed E-state index contributed by atoms with van der Waals surface area (Å²) in [5.74, 6) is 0.532. The number of rotatable bonds is 9. The molecule has 2 saturated heterocycles. The van der Waals surface area contributed by atoms with Gasteiger partial charge in [-0.25, -0.2) is 8.42 Å². The van der Waals surface area contributed by atoms with Crippen molar-refractivity contribution in [3.63, 3.8) is 0 Å². The summed E-state index contributed by atoms with van der Waals surface area (Å²) < 4.78 is 37.8. The van der Waals surface area contributed by atoms with Crippen LogP contribution in [0.3, 0.4) is 0 Å². The highest BCUT2D eigenvalue weighted by atomic mass is 35.5. The van der Waals surface area contributed by atoms with Crippen LogP contribution in [-0.4, -0.2) is 76.1 Å². The van der Waals surface area contributed by atoms with Crippen LogP contribution in [0.4, 0.5) is 0 Å². The van der Waals surface area contributed by atoms with Crippen molar-refractivity contribution in [2.45, 2.75) is 24.3 Å². The largest absolute Gasteiger partial charge is 0.492 e. The third-order valence-electron chi connectivity index (χ3n) is 6.33. The summed E-state index contributed by atoms with van der Waals surface area (Å²) in [6, 6.07) is 14.2. The zero-order chi connectivity index (χ0) is 24.7. The van der Waals surface area contributed by atoms with E-state index in [9.17, 15) is 13.2 Å². The number of ether oxygens (including phenoxy) is 2. The Balaban J connectivity index is 1.20. The van der Waals surface area contributed by atoms with Crippen LogP contribution in [0.5, 0.6) is 5.75 Å². The molecule has 8 nitrogen and oxygen atoms in total. The third-order valence-corrected chi connectivity index (χ3v) is 8.61. The first-order valence-electron chi connectivity index (χ1n) is 12.0. The average molecular weight is 522 g/mol. The molecule has 2 aliphatic rings. The normalized spacial score (nSPS) is 19.9. The Labute approximate surface area is 212 Å². The van der Waals surface area contributed by atoms with Gasteiger partial charge in [-0.15, -0.1) is 0 Å². The Morgan fingerprint density at radius 2 is 1.83 bits per heavy atom. The fourth-order valence-electron chi connectivity index (χ4n) is 4.41. The first-order chi connectivity index (χ1) is 16.9. The van der Waals surface area contributed by atoms with E-state index < -0.39 is 10.0 Å². The molecule has 35 heavy (non-hydrogen) atoms. The van der Waals surface area contributed by atoms with Crippen molar-refractivity contribution in [1.29, 1.82) is 0 Å². The van der Waals surface area contributed by atoms with E-state index in [2.05, 4.69) is 10.2 Å². The van der Waals surface area contributed by atoms with E-state index >= 15 is 0 Å². The van der Waals surface area contributed by atoms with E-state index in [1.165, 1.54) is 4.31 Å². The van der Waals surface area contributed by atoms with Crippen molar-refractivity contribution in [2.24, 2.45) is 5.92 Å². The maximum absolute atomic E-state index is 12.7. The standard InChI is InChI=1S/C25H32ClN3O5S/c26-24-6-2-1-4-20(24)18-28-12-3-5-21(19-28)25(30)27-11-15-34-22-7-9-23(10-8-22)35(31,32)29-13-16-33-17-14-29/h1-2,4,6-10,21H,3,5,11-19H2,(H,27,30)/t21-/m0/s1. The summed E-state index contributed by atoms with van der Waals surface area (Å²) in [5.41, 5.74) is 1.08. The smallest absolute Gasteiger partial charge is 0.243 e. The number of halogens is 1. The summed E-state index contributed by atoms with van der Waals surface area (Å²) in [6.45, 7) is 4.62. The maximum atomic E-state index is 12.7. The third kappa shape index (κ3) is 6.95. The molecule has 1 amide bonds. The SMILES string of the molecule is O=C(NCCOc1ccc(S(=O)(=O)N2CCOCC2)cc1)[C@H]1CCCN(Cc2ccccc2Cl)C1. The minimum Gasteiger partial charge on any atom is -0.492 e. The minimum absolute atomic E-state index is 0.0319. The van der Waals surface area contributed by atoms with Gasteiger partial charge >= 0.3 is 0 Å². The van der Waals surface area contributed by atoms with Gasteiger partial charge in [0.25, 0.3) is 0 Å². The second-order valence-electron chi connectivity index (χ2n) is 8.79. The molecule has 2 heterocycles. The molecule has 10 heteroatoms. The number of piperidine rings is 1. The summed E-state index contributed by atoms with van der Waals surface area (Å²) in [4.78, 5) is 15.2. The minimum atomic E-state index is -3.53. The van der Waals surface area contributed by atoms with Crippen LogP contribution in [0.15, 0.2) is 53.4 Å². The number of sulfonamides is 1. The van der Waals surface area contributed by atoms with Crippen LogP contribution in [0.25, 0.3) is 0 Å². The zero-order valence-electron chi connectivity index (χ0n) is 19.7. The Morgan fingerprint density at radius 1 is 1.09 bits per heavy atom. The number of hydrogen-bond acceptors (Lipinski definition) is 6. The highest BCUT2D eigenvalue weighted by Crippen LogP contribution is 2.23. The number of carbonyl (C=O) groups excluding carboxylic acids is 1. The molecule has 0 saturated carbocycles. The molecule has 0 spiro atoms. The number of hydrogen-bond donors (Lipinski definition) is 1. The van der Waals surface area contributed by atoms with Gasteiger partial charge in [-0.1, -0.05) is 29.8 Å². The molecule has 2 fully saturated rings. The van der Waals surface area contributed by atoms with Crippen LogP contribution in [0.1, 0.15) is 18.4 Å². The average Bonchev–Trinajstić information content (AvgIpc) is 2.89. The Morgan fingerprint density at radius 3 is 2.57 bits per heavy atom. The molecule has 0 unspecified atom stereocenters. The van der Waals surface area contributed by atoms with Gasteiger partial charge in [-0.05, 0) is 55.3 Å². The van der Waals surface area contributed by atoms with Crippen molar-refractivity contribution in [3.05, 3.63) is 59.1 Å². The lowest BCUT2D eigenvalue weighted by Gasteiger charge is -2.32. The Kier molecular flexibility index (Phi) is 9.02. The lowest BCUT2D eigenvalue weighted by molar-refractivity contribution is -0.126. The van der Waals surface area contributed by atoms with Gasteiger partial charge in [0.1, 0.15) is 12.4 Å². The van der Waals surface area contributed by atoms with Gasteiger partial charge in [0.2, 0.25) is 15.9 Å².